The number of nitrogens with zero attached hydrogens (tertiary/aromatic N) is 2. The van der Waals surface area contributed by atoms with Crippen molar-refractivity contribution in [1.29, 1.82) is 0 Å². The van der Waals surface area contributed by atoms with Crippen molar-refractivity contribution in [3.8, 4) is 0 Å². The van der Waals surface area contributed by atoms with Gasteiger partial charge in [0.1, 0.15) is 0 Å². The molecule has 0 fully saturated rings. The van der Waals surface area contributed by atoms with Gasteiger partial charge in [-0.05, 0) is 32.3 Å². The molecule has 1 aromatic heterocycles. The second-order valence-corrected chi connectivity index (χ2v) is 5.47. The molecule has 110 valence electrons. The van der Waals surface area contributed by atoms with Crippen LogP contribution in [0, 0.1) is 0 Å². The van der Waals surface area contributed by atoms with Crippen LogP contribution in [-0.2, 0) is 13.1 Å². The predicted octanol–water partition coefficient (Wildman–Crippen LogP) is 4.11. The molecule has 2 rings (SSSR count). The van der Waals surface area contributed by atoms with Crippen molar-refractivity contribution in [2.45, 2.75) is 65.6 Å². The predicted molar refractivity (Wildman–Crippen MR) is 85.9 cm³/mol. The summed E-state index contributed by atoms with van der Waals surface area (Å²) in [5.41, 5.74) is 2.65. The van der Waals surface area contributed by atoms with Crippen LogP contribution in [0.5, 0.6) is 0 Å². The van der Waals surface area contributed by atoms with Gasteiger partial charge in [-0.1, -0.05) is 39.0 Å². The maximum atomic E-state index is 4.77. The summed E-state index contributed by atoms with van der Waals surface area (Å²) in [4.78, 5) is 0. The van der Waals surface area contributed by atoms with Crippen LogP contribution in [0.1, 0.15) is 52.7 Å². The Kier molecular flexibility index (Phi) is 4.81. The third-order valence-electron chi connectivity index (χ3n) is 4.70. The van der Waals surface area contributed by atoms with Crippen LogP contribution < -0.4 is 5.32 Å². The van der Waals surface area contributed by atoms with E-state index >= 15 is 0 Å². The largest absolute Gasteiger partial charge is 0.306 e. The van der Waals surface area contributed by atoms with Crippen molar-refractivity contribution in [2.75, 3.05) is 0 Å². The molecule has 2 aromatic rings. The SMILES string of the molecule is CCn1nc(CNC(CC)(CC)CC)c2ccccc21. The summed E-state index contributed by atoms with van der Waals surface area (Å²) in [5, 5.41) is 9.80. The summed E-state index contributed by atoms with van der Waals surface area (Å²) in [6.45, 7) is 10.7. The average Bonchev–Trinajstić information content (AvgIpc) is 2.88. The number of fused-ring (bicyclic) bond motifs is 1. The summed E-state index contributed by atoms with van der Waals surface area (Å²) in [5.74, 6) is 0. The third-order valence-corrected chi connectivity index (χ3v) is 4.70. The fourth-order valence-corrected chi connectivity index (χ4v) is 2.96. The van der Waals surface area contributed by atoms with Crippen LogP contribution in [0.15, 0.2) is 24.3 Å². The van der Waals surface area contributed by atoms with Crippen LogP contribution in [0.4, 0.5) is 0 Å². The molecule has 3 nitrogen and oxygen atoms in total. The van der Waals surface area contributed by atoms with Gasteiger partial charge in [0.25, 0.3) is 0 Å². The number of hydrogen-bond donors (Lipinski definition) is 1. The molecule has 0 saturated heterocycles. The number of aryl methyl sites for hydroxylation is 1. The van der Waals surface area contributed by atoms with Crippen molar-refractivity contribution < 1.29 is 0 Å². The van der Waals surface area contributed by atoms with Crippen molar-refractivity contribution in [2.24, 2.45) is 0 Å². The third kappa shape index (κ3) is 2.73. The van der Waals surface area contributed by atoms with E-state index < -0.39 is 0 Å². The summed E-state index contributed by atoms with van der Waals surface area (Å²) in [7, 11) is 0. The first-order chi connectivity index (χ1) is 9.69. The Morgan fingerprint density at radius 3 is 2.30 bits per heavy atom. The number of rotatable bonds is 7. The van der Waals surface area contributed by atoms with Gasteiger partial charge in [-0.25, -0.2) is 0 Å². The van der Waals surface area contributed by atoms with E-state index in [9.17, 15) is 0 Å². The Balaban J connectivity index is 2.26. The van der Waals surface area contributed by atoms with Gasteiger partial charge in [0.2, 0.25) is 0 Å². The summed E-state index contributed by atoms with van der Waals surface area (Å²) in [6.07, 6.45) is 3.48. The van der Waals surface area contributed by atoms with Gasteiger partial charge < -0.3 is 5.32 Å². The van der Waals surface area contributed by atoms with E-state index in [2.05, 4.69) is 62.0 Å². The average molecular weight is 273 g/mol. The van der Waals surface area contributed by atoms with Crippen LogP contribution in [-0.4, -0.2) is 15.3 Å². The second kappa shape index (κ2) is 6.40. The zero-order chi connectivity index (χ0) is 14.6. The molecular formula is C17H27N3. The van der Waals surface area contributed by atoms with Gasteiger partial charge in [0.15, 0.2) is 0 Å². The van der Waals surface area contributed by atoms with Gasteiger partial charge in [-0.3, -0.25) is 4.68 Å². The van der Waals surface area contributed by atoms with Gasteiger partial charge >= 0.3 is 0 Å². The normalized spacial score (nSPS) is 12.2. The van der Waals surface area contributed by atoms with Crippen molar-refractivity contribution in [3.63, 3.8) is 0 Å². The lowest BCUT2D eigenvalue weighted by Gasteiger charge is -2.31. The minimum absolute atomic E-state index is 0.247. The summed E-state index contributed by atoms with van der Waals surface area (Å²) in [6, 6.07) is 8.51. The molecule has 0 radical (unpaired) electrons. The standard InChI is InChI=1S/C17H27N3/c1-5-17(6-2,7-3)18-13-15-14-11-9-10-12-16(14)20(8-4)19-15/h9-12,18H,5-8,13H2,1-4H3. The molecule has 0 saturated carbocycles. The number of benzene rings is 1. The first-order valence-electron chi connectivity index (χ1n) is 7.89. The number of aromatic nitrogens is 2. The van der Waals surface area contributed by atoms with Gasteiger partial charge in [-0.2, -0.15) is 5.10 Å². The molecule has 0 aliphatic heterocycles. The van der Waals surface area contributed by atoms with Crippen LogP contribution in [0.25, 0.3) is 10.9 Å². The molecule has 0 aliphatic carbocycles. The number of para-hydroxylation sites is 1. The zero-order valence-corrected chi connectivity index (χ0v) is 13.2. The highest BCUT2D eigenvalue weighted by atomic mass is 15.3. The van der Waals surface area contributed by atoms with Crippen molar-refractivity contribution in [1.82, 2.24) is 15.1 Å². The Morgan fingerprint density at radius 1 is 1.05 bits per heavy atom. The quantitative estimate of drug-likeness (QED) is 0.822. The Bertz CT molecular complexity index is 544. The first-order valence-corrected chi connectivity index (χ1v) is 7.89. The van der Waals surface area contributed by atoms with E-state index in [4.69, 9.17) is 5.10 Å². The fourth-order valence-electron chi connectivity index (χ4n) is 2.96. The molecule has 3 heteroatoms. The number of hydrogen-bond acceptors (Lipinski definition) is 2. The maximum Gasteiger partial charge on any atom is 0.0841 e. The fraction of sp³-hybridized carbons (Fsp3) is 0.588. The lowest BCUT2D eigenvalue weighted by atomic mass is 9.90. The first kappa shape index (κ1) is 15.0. The van der Waals surface area contributed by atoms with Gasteiger partial charge in [0.05, 0.1) is 11.2 Å². The van der Waals surface area contributed by atoms with Gasteiger partial charge in [-0.15, -0.1) is 0 Å². The Hall–Kier alpha value is -1.35. The van der Waals surface area contributed by atoms with E-state index in [0.717, 1.165) is 32.4 Å². The Labute approximate surface area is 122 Å². The molecule has 1 heterocycles. The van der Waals surface area contributed by atoms with E-state index in [-0.39, 0.29) is 5.54 Å². The highest BCUT2D eigenvalue weighted by molar-refractivity contribution is 5.81. The molecule has 0 bridgehead atoms. The van der Waals surface area contributed by atoms with E-state index in [1.54, 1.807) is 0 Å². The van der Waals surface area contributed by atoms with Crippen molar-refractivity contribution in [3.05, 3.63) is 30.0 Å². The summed E-state index contributed by atoms with van der Waals surface area (Å²) < 4.78 is 2.10. The molecule has 0 aliphatic rings. The van der Waals surface area contributed by atoms with E-state index in [1.807, 2.05) is 0 Å². The molecule has 0 amide bonds. The smallest absolute Gasteiger partial charge is 0.0841 e. The summed E-state index contributed by atoms with van der Waals surface area (Å²) >= 11 is 0. The van der Waals surface area contributed by atoms with Crippen LogP contribution >= 0.6 is 0 Å². The van der Waals surface area contributed by atoms with Crippen molar-refractivity contribution >= 4 is 10.9 Å². The second-order valence-electron chi connectivity index (χ2n) is 5.47. The molecular weight excluding hydrogens is 246 g/mol. The van der Waals surface area contributed by atoms with E-state index in [1.165, 1.54) is 16.6 Å². The molecule has 20 heavy (non-hydrogen) atoms. The molecule has 0 atom stereocenters. The molecule has 1 N–H and O–H groups in total. The zero-order valence-electron chi connectivity index (χ0n) is 13.2. The van der Waals surface area contributed by atoms with Crippen LogP contribution in [0.3, 0.4) is 0 Å². The number of nitrogens with one attached hydrogen (secondary N) is 1. The molecule has 0 spiro atoms. The Morgan fingerprint density at radius 2 is 1.70 bits per heavy atom. The van der Waals surface area contributed by atoms with E-state index in [0.29, 0.717) is 0 Å². The van der Waals surface area contributed by atoms with Gasteiger partial charge in [0, 0.05) is 24.0 Å². The lowest BCUT2D eigenvalue weighted by Crippen LogP contribution is -2.43. The minimum Gasteiger partial charge on any atom is -0.306 e. The monoisotopic (exact) mass is 273 g/mol. The minimum atomic E-state index is 0.247. The topological polar surface area (TPSA) is 29.9 Å². The van der Waals surface area contributed by atoms with Crippen LogP contribution in [0.2, 0.25) is 0 Å². The molecule has 0 unspecified atom stereocenters. The highest BCUT2D eigenvalue weighted by Gasteiger charge is 2.23. The highest BCUT2D eigenvalue weighted by Crippen LogP contribution is 2.22. The lowest BCUT2D eigenvalue weighted by molar-refractivity contribution is 0.286. The molecule has 1 aromatic carbocycles. The maximum absolute atomic E-state index is 4.77.